The Kier molecular flexibility index (Phi) is 11.4. The second kappa shape index (κ2) is 12.4. The topological polar surface area (TPSA) is 55.3 Å². The van der Waals surface area contributed by atoms with Crippen molar-refractivity contribution in [1.82, 2.24) is 4.90 Å². The van der Waals surface area contributed by atoms with Gasteiger partial charge in [-0.1, -0.05) is 37.8 Å². The first-order valence-corrected chi connectivity index (χ1v) is 8.50. The maximum Gasteiger partial charge on any atom is 0.0475 e. The first kappa shape index (κ1) is 22.0. The summed E-state index contributed by atoms with van der Waals surface area (Å²) in [4.78, 5) is 2.33. The lowest BCUT2D eigenvalue weighted by molar-refractivity contribution is 0.426. The lowest BCUT2D eigenvalue weighted by Gasteiger charge is -2.33. The van der Waals surface area contributed by atoms with Gasteiger partial charge in [0, 0.05) is 31.0 Å². The van der Waals surface area contributed by atoms with E-state index in [2.05, 4.69) is 62.5 Å². The van der Waals surface area contributed by atoms with Crippen LogP contribution in [0.2, 0.25) is 0 Å². The van der Waals surface area contributed by atoms with Crippen molar-refractivity contribution in [3.63, 3.8) is 0 Å². The van der Waals surface area contributed by atoms with Crippen LogP contribution in [0.4, 0.5) is 0 Å². The highest BCUT2D eigenvalue weighted by Gasteiger charge is 2.19. The third-order valence-electron chi connectivity index (χ3n) is 4.23. The Hall–Kier alpha value is -2.02. The number of nitrogens with zero attached hydrogens (tertiary/aromatic N) is 1. The van der Waals surface area contributed by atoms with Crippen molar-refractivity contribution in [3.05, 3.63) is 59.0 Å². The van der Waals surface area contributed by atoms with Gasteiger partial charge < -0.3 is 16.4 Å². The van der Waals surface area contributed by atoms with E-state index in [-0.39, 0.29) is 0 Å². The Morgan fingerprint density at radius 3 is 2.33 bits per heavy atom. The average molecular weight is 328 g/mol. The molecule has 0 heterocycles. The highest BCUT2D eigenvalue weighted by molar-refractivity contribution is 5.37. The largest absolute Gasteiger partial charge is 0.345 e. The molecular formula is C21H33N3. The molecule has 0 amide bonds. The van der Waals surface area contributed by atoms with E-state index in [0.29, 0.717) is 13.1 Å². The molecule has 0 aromatic carbocycles. The van der Waals surface area contributed by atoms with E-state index in [9.17, 15) is 0 Å². The molecule has 3 heteroatoms. The Morgan fingerprint density at radius 1 is 1.25 bits per heavy atom. The van der Waals surface area contributed by atoms with Crippen LogP contribution in [0.25, 0.3) is 0 Å². The number of hydrogen-bond acceptors (Lipinski definition) is 3. The van der Waals surface area contributed by atoms with Crippen molar-refractivity contribution in [2.45, 2.75) is 40.0 Å². The quantitative estimate of drug-likeness (QED) is 0.525. The smallest absolute Gasteiger partial charge is 0.0475 e. The van der Waals surface area contributed by atoms with E-state index in [0.717, 1.165) is 31.5 Å². The van der Waals surface area contributed by atoms with Crippen LogP contribution >= 0.6 is 0 Å². The maximum absolute atomic E-state index is 5.94. The van der Waals surface area contributed by atoms with E-state index >= 15 is 0 Å². The van der Waals surface area contributed by atoms with Gasteiger partial charge in [0.25, 0.3) is 0 Å². The number of terminal acetylenes is 1. The van der Waals surface area contributed by atoms with Crippen molar-refractivity contribution < 1.29 is 0 Å². The molecule has 1 aliphatic rings. The molecule has 1 aliphatic carbocycles. The van der Waals surface area contributed by atoms with Gasteiger partial charge in [-0.2, -0.15) is 0 Å². The first-order valence-electron chi connectivity index (χ1n) is 8.50. The zero-order valence-electron chi connectivity index (χ0n) is 15.5. The number of rotatable bonds is 8. The molecule has 24 heavy (non-hydrogen) atoms. The average Bonchev–Trinajstić information content (AvgIpc) is 2.66. The van der Waals surface area contributed by atoms with Crippen LogP contribution in [0.15, 0.2) is 59.0 Å². The fraction of sp³-hybridized carbons (Fsp3) is 0.429. The number of nitrogens with two attached hydrogens (primary N) is 2. The lowest BCUT2D eigenvalue weighted by atomic mass is 9.99. The zero-order chi connectivity index (χ0) is 18.5. The molecule has 1 rings (SSSR count). The molecule has 0 aromatic rings. The molecular weight excluding hydrogens is 294 g/mol. The summed E-state index contributed by atoms with van der Waals surface area (Å²) in [6.07, 6.45) is 19.6. The van der Waals surface area contributed by atoms with Gasteiger partial charge in [0.05, 0.1) is 0 Å². The fourth-order valence-electron chi connectivity index (χ4n) is 2.77. The van der Waals surface area contributed by atoms with Crippen LogP contribution < -0.4 is 11.5 Å². The molecule has 0 unspecified atom stereocenters. The molecule has 132 valence electrons. The van der Waals surface area contributed by atoms with Crippen LogP contribution in [-0.2, 0) is 0 Å². The van der Waals surface area contributed by atoms with Crippen molar-refractivity contribution >= 4 is 0 Å². The summed E-state index contributed by atoms with van der Waals surface area (Å²) >= 11 is 0. The summed E-state index contributed by atoms with van der Waals surface area (Å²) in [7, 11) is 0. The van der Waals surface area contributed by atoms with E-state index in [4.69, 9.17) is 11.5 Å². The molecule has 0 aliphatic heterocycles. The standard InChI is InChI=1S/C19H31N3.C2H2/c1-5-15(4)22(14-17(7-3)16(6-2)12-20)19-11-9-8-10-18(19)13-21;1-2/h6-8,10H,4-5,9,11-14,20-21H2,1-3H3;1-2H/b16-6-,17-7-;. The van der Waals surface area contributed by atoms with Crippen molar-refractivity contribution in [2.24, 2.45) is 11.5 Å². The maximum atomic E-state index is 5.94. The summed E-state index contributed by atoms with van der Waals surface area (Å²) < 4.78 is 0. The van der Waals surface area contributed by atoms with Gasteiger partial charge in [-0.15, -0.1) is 12.8 Å². The van der Waals surface area contributed by atoms with Gasteiger partial charge in [0.1, 0.15) is 0 Å². The van der Waals surface area contributed by atoms with E-state index in [1.54, 1.807) is 0 Å². The van der Waals surface area contributed by atoms with E-state index < -0.39 is 0 Å². The molecule has 0 fully saturated rings. The normalized spacial score (nSPS) is 15.0. The van der Waals surface area contributed by atoms with Crippen LogP contribution in [0, 0.1) is 12.8 Å². The third kappa shape index (κ3) is 5.88. The molecule has 0 atom stereocenters. The Balaban J connectivity index is 0.00000254. The summed E-state index contributed by atoms with van der Waals surface area (Å²) in [5, 5.41) is 0. The van der Waals surface area contributed by atoms with Crippen LogP contribution in [-0.4, -0.2) is 24.5 Å². The van der Waals surface area contributed by atoms with Gasteiger partial charge in [0.2, 0.25) is 0 Å². The van der Waals surface area contributed by atoms with Gasteiger partial charge in [-0.3, -0.25) is 0 Å². The zero-order valence-corrected chi connectivity index (χ0v) is 15.5. The lowest BCUT2D eigenvalue weighted by Crippen LogP contribution is -2.28. The Bertz CT molecular complexity index is 545. The van der Waals surface area contributed by atoms with Gasteiger partial charge >= 0.3 is 0 Å². The summed E-state index contributed by atoms with van der Waals surface area (Å²) in [5.41, 5.74) is 17.9. The van der Waals surface area contributed by atoms with E-state index in [1.165, 1.54) is 22.4 Å². The summed E-state index contributed by atoms with van der Waals surface area (Å²) in [6, 6.07) is 0. The fourth-order valence-corrected chi connectivity index (χ4v) is 2.77. The minimum absolute atomic E-state index is 0.561. The molecule has 0 saturated heterocycles. The van der Waals surface area contributed by atoms with Crippen LogP contribution in [0.3, 0.4) is 0 Å². The third-order valence-corrected chi connectivity index (χ3v) is 4.23. The molecule has 3 nitrogen and oxygen atoms in total. The highest BCUT2D eigenvalue weighted by atomic mass is 15.1. The Morgan fingerprint density at radius 2 is 1.88 bits per heavy atom. The van der Waals surface area contributed by atoms with E-state index in [1.807, 2.05) is 6.92 Å². The molecule has 0 spiro atoms. The molecule has 0 radical (unpaired) electrons. The number of hydrogen-bond donors (Lipinski definition) is 2. The SMILES string of the molecule is C#C.C=C(CC)N(CC(=C/C)/C(=C\C)CN)C1=C(CN)C=CCC1. The van der Waals surface area contributed by atoms with Gasteiger partial charge in [-0.05, 0) is 49.8 Å². The Labute approximate surface area is 148 Å². The van der Waals surface area contributed by atoms with Crippen LogP contribution in [0.5, 0.6) is 0 Å². The van der Waals surface area contributed by atoms with Crippen LogP contribution in [0.1, 0.15) is 40.0 Å². The number of allylic oxidation sites excluding steroid dienone is 5. The van der Waals surface area contributed by atoms with Crippen molar-refractivity contribution in [1.29, 1.82) is 0 Å². The summed E-state index contributed by atoms with van der Waals surface area (Å²) in [5.74, 6) is 0. The molecule has 0 saturated carbocycles. The highest BCUT2D eigenvalue weighted by Crippen LogP contribution is 2.28. The minimum Gasteiger partial charge on any atom is -0.345 e. The summed E-state index contributed by atoms with van der Waals surface area (Å²) in [6.45, 7) is 12.5. The van der Waals surface area contributed by atoms with Gasteiger partial charge in [-0.25, -0.2) is 0 Å². The first-order chi connectivity index (χ1) is 11.6. The predicted octanol–water partition coefficient (Wildman–Crippen LogP) is 3.88. The molecule has 0 bridgehead atoms. The minimum atomic E-state index is 0.561. The second-order valence-corrected chi connectivity index (χ2v) is 5.45. The van der Waals surface area contributed by atoms with Crippen molar-refractivity contribution in [3.8, 4) is 12.8 Å². The predicted molar refractivity (Wildman–Crippen MR) is 107 cm³/mol. The monoisotopic (exact) mass is 327 g/mol. The molecule has 0 aromatic heterocycles. The van der Waals surface area contributed by atoms with Gasteiger partial charge in [0.15, 0.2) is 0 Å². The second-order valence-electron chi connectivity index (χ2n) is 5.45. The molecule has 4 N–H and O–H groups in total. The van der Waals surface area contributed by atoms with Crippen molar-refractivity contribution in [2.75, 3.05) is 19.6 Å².